The molecule has 27 heavy (non-hydrogen) atoms. The van der Waals surface area contributed by atoms with Crippen LogP contribution in [0.1, 0.15) is 27.3 Å². The van der Waals surface area contributed by atoms with E-state index in [1.807, 2.05) is 13.0 Å². The van der Waals surface area contributed by atoms with E-state index in [9.17, 15) is 9.18 Å². The van der Waals surface area contributed by atoms with Crippen molar-refractivity contribution in [3.63, 3.8) is 0 Å². The lowest BCUT2D eigenvalue weighted by atomic mass is 10.2. The number of amides is 1. The maximum Gasteiger partial charge on any atom is 0.270 e. The molecule has 1 amide bonds. The van der Waals surface area contributed by atoms with Gasteiger partial charge in [0.25, 0.3) is 5.91 Å². The Labute approximate surface area is 161 Å². The molecule has 0 atom stereocenters. The number of hydrogen-bond donors (Lipinski definition) is 2. The Balaban J connectivity index is 1.75. The number of halogens is 2. The van der Waals surface area contributed by atoms with E-state index >= 15 is 0 Å². The molecule has 2 aromatic carbocycles. The first-order valence-corrected chi connectivity index (χ1v) is 8.70. The van der Waals surface area contributed by atoms with Gasteiger partial charge in [-0.15, -0.1) is 0 Å². The normalized spacial score (nSPS) is 10.5. The van der Waals surface area contributed by atoms with Crippen LogP contribution in [0.15, 0.2) is 48.5 Å². The molecule has 0 aliphatic carbocycles. The highest BCUT2D eigenvalue weighted by molar-refractivity contribution is 6.30. The van der Waals surface area contributed by atoms with Crippen molar-refractivity contribution in [1.29, 1.82) is 0 Å². The number of nitrogens with one attached hydrogen (secondary N) is 2. The Morgan fingerprint density at radius 3 is 2.56 bits per heavy atom. The number of anilines is 2. The van der Waals surface area contributed by atoms with E-state index in [1.165, 1.54) is 12.1 Å². The number of aromatic nitrogens is 2. The highest BCUT2D eigenvalue weighted by Gasteiger charge is 2.11. The van der Waals surface area contributed by atoms with Crippen molar-refractivity contribution in [2.75, 3.05) is 5.32 Å². The zero-order valence-electron chi connectivity index (χ0n) is 14.9. The number of carbonyl (C=O) groups excluding carboxylic acids is 1. The van der Waals surface area contributed by atoms with Gasteiger partial charge in [-0.05, 0) is 55.3 Å². The van der Waals surface area contributed by atoms with Gasteiger partial charge in [-0.2, -0.15) is 0 Å². The fourth-order valence-corrected chi connectivity index (χ4v) is 2.64. The fraction of sp³-hybridized carbons (Fsp3) is 0.150. The van der Waals surface area contributed by atoms with Gasteiger partial charge in [0.05, 0.1) is 0 Å². The van der Waals surface area contributed by atoms with E-state index in [4.69, 9.17) is 11.6 Å². The van der Waals surface area contributed by atoms with E-state index < -0.39 is 0 Å². The molecule has 0 aliphatic heterocycles. The van der Waals surface area contributed by atoms with Crippen LogP contribution in [0.5, 0.6) is 0 Å². The van der Waals surface area contributed by atoms with Crippen molar-refractivity contribution in [3.05, 3.63) is 81.9 Å². The van der Waals surface area contributed by atoms with Crippen molar-refractivity contribution >= 4 is 29.1 Å². The summed E-state index contributed by atoms with van der Waals surface area (Å²) in [5.41, 5.74) is 3.44. The van der Waals surface area contributed by atoms with Gasteiger partial charge in [0, 0.05) is 22.9 Å². The van der Waals surface area contributed by atoms with Crippen molar-refractivity contribution in [2.45, 2.75) is 20.4 Å². The molecule has 0 radical (unpaired) electrons. The Bertz CT molecular complexity index is 976. The lowest BCUT2D eigenvalue weighted by Gasteiger charge is -2.11. The van der Waals surface area contributed by atoms with Gasteiger partial charge in [0.2, 0.25) is 5.95 Å². The summed E-state index contributed by atoms with van der Waals surface area (Å²) >= 11 is 6.04. The summed E-state index contributed by atoms with van der Waals surface area (Å²) in [4.78, 5) is 21.1. The summed E-state index contributed by atoms with van der Waals surface area (Å²) in [5.74, 6) is -0.341. The van der Waals surface area contributed by atoms with Gasteiger partial charge in [-0.1, -0.05) is 29.8 Å². The van der Waals surface area contributed by atoms with Crippen LogP contribution in [0.4, 0.5) is 16.0 Å². The molecule has 0 bridgehead atoms. The standard InChI is InChI=1S/C20H18ClFN4O/c1-12-3-6-15(21)10-17(12)25-20-24-13(2)9-18(26-20)19(27)23-11-14-4-7-16(22)8-5-14/h3-10H,11H2,1-2H3,(H,23,27)(H,24,25,26). The van der Waals surface area contributed by atoms with Crippen LogP contribution < -0.4 is 10.6 Å². The number of nitrogens with zero attached hydrogens (tertiary/aromatic N) is 2. The highest BCUT2D eigenvalue weighted by atomic mass is 35.5. The molecule has 0 saturated carbocycles. The number of carbonyl (C=O) groups is 1. The van der Waals surface area contributed by atoms with Crippen molar-refractivity contribution in [1.82, 2.24) is 15.3 Å². The molecule has 3 rings (SSSR count). The molecule has 0 aliphatic rings. The molecule has 0 fully saturated rings. The minimum Gasteiger partial charge on any atom is -0.347 e. The smallest absolute Gasteiger partial charge is 0.270 e. The third-order valence-electron chi connectivity index (χ3n) is 3.90. The van der Waals surface area contributed by atoms with E-state index in [0.717, 1.165) is 16.8 Å². The molecule has 1 aromatic heterocycles. The van der Waals surface area contributed by atoms with Crippen LogP contribution in [0.25, 0.3) is 0 Å². The number of benzene rings is 2. The molecule has 7 heteroatoms. The molecule has 138 valence electrons. The topological polar surface area (TPSA) is 66.9 Å². The third kappa shape index (κ3) is 5.01. The summed E-state index contributed by atoms with van der Waals surface area (Å²) in [7, 11) is 0. The van der Waals surface area contributed by atoms with Crippen LogP contribution in [0.2, 0.25) is 5.02 Å². The monoisotopic (exact) mass is 384 g/mol. The number of rotatable bonds is 5. The zero-order chi connectivity index (χ0) is 19.4. The van der Waals surface area contributed by atoms with Crippen LogP contribution in [-0.4, -0.2) is 15.9 Å². The maximum atomic E-state index is 13.0. The third-order valence-corrected chi connectivity index (χ3v) is 4.13. The van der Waals surface area contributed by atoms with Crippen molar-refractivity contribution < 1.29 is 9.18 Å². The van der Waals surface area contributed by atoms with Gasteiger partial charge < -0.3 is 10.6 Å². The molecule has 0 unspecified atom stereocenters. The van der Waals surface area contributed by atoms with Crippen LogP contribution in [-0.2, 0) is 6.54 Å². The minimum atomic E-state index is -0.337. The van der Waals surface area contributed by atoms with Gasteiger partial charge in [-0.3, -0.25) is 4.79 Å². The molecular weight excluding hydrogens is 367 g/mol. The fourth-order valence-electron chi connectivity index (χ4n) is 2.47. The average Bonchev–Trinajstić information content (AvgIpc) is 2.63. The largest absolute Gasteiger partial charge is 0.347 e. The van der Waals surface area contributed by atoms with Gasteiger partial charge in [0.15, 0.2) is 0 Å². The maximum absolute atomic E-state index is 13.0. The predicted octanol–water partition coefficient (Wildman–Crippen LogP) is 4.56. The second-order valence-electron chi connectivity index (χ2n) is 6.11. The van der Waals surface area contributed by atoms with E-state index in [2.05, 4.69) is 20.6 Å². The second-order valence-corrected chi connectivity index (χ2v) is 6.55. The van der Waals surface area contributed by atoms with E-state index in [1.54, 1.807) is 37.3 Å². The van der Waals surface area contributed by atoms with Crippen LogP contribution >= 0.6 is 11.6 Å². The SMILES string of the molecule is Cc1cc(C(=O)NCc2ccc(F)cc2)nc(Nc2cc(Cl)ccc2C)n1. The quantitative estimate of drug-likeness (QED) is 0.676. The molecule has 1 heterocycles. The Hall–Kier alpha value is -2.99. The minimum absolute atomic E-state index is 0.242. The highest BCUT2D eigenvalue weighted by Crippen LogP contribution is 2.23. The predicted molar refractivity (Wildman–Crippen MR) is 104 cm³/mol. The lowest BCUT2D eigenvalue weighted by Crippen LogP contribution is -2.24. The molecule has 5 nitrogen and oxygen atoms in total. The lowest BCUT2D eigenvalue weighted by molar-refractivity contribution is 0.0945. The molecular formula is C20H18ClFN4O. The first-order valence-electron chi connectivity index (χ1n) is 8.32. The molecule has 2 N–H and O–H groups in total. The molecule has 0 spiro atoms. The van der Waals surface area contributed by atoms with Crippen LogP contribution in [0.3, 0.4) is 0 Å². The summed E-state index contributed by atoms with van der Waals surface area (Å²) in [6.07, 6.45) is 0. The second kappa shape index (κ2) is 8.14. The first kappa shape index (κ1) is 18.8. The summed E-state index contributed by atoms with van der Waals surface area (Å²) in [6, 6.07) is 13.0. The van der Waals surface area contributed by atoms with Crippen LogP contribution in [0, 0.1) is 19.7 Å². The van der Waals surface area contributed by atoms with Gasteiger partial charge >= 0.3 is 0 Å². The van der Waals surface area contributed by atoms with E-state index in [0.29, 0.717) is 16.7 Å². The molecule has 0 saturated heterocycles. The summed E-state index contributed by atoms with van der Waals surface area (Å²) in [5, 5.41) is 6.46. The van der Waals surface area contributed by atoms with E-state index in [-0.39, 0.29) is 24.0 Å². The average molecular weight is 385 g/mol. The number of hydrogen-bond acceptors (Lipinski definition) is 4. The summed E-state index contributed by atoms with van der Waals surface area (Å²) in [6.45, 7) is 4.00. The summed E-state index contributed by atoms with van der Waals surface area (Å²) < 4.78 is 13.0. The van der Waals surface area contributed by atoms with Crippen molar-refractivity contribution in [3.8, 4) is 0 Å². The Kier molecular flexibility index (Phi) is 5.66. The van der Waals surface area contributed by atoms with Gasteiger partial charge in [-0.25, -0.2) is 14.4 Å². The zero-order valence-corrected chi connectivity index (χ0v) is 15.6. The Morgan fingerprint density at radius 2 is 1.81 bits per heavy atom. The first-order chi connectivity index (χ1) is 12.9. The van der Waals surface area contributed by atoms with Gasteiger partial charge in [0.1, 0.15) is 11.5 Å². The number of aryl methyl sites for hydroxylation is 2. The molecule has 3 aromatic rings. The van der Waals surface area contributed by atoms with Crippen molar-refractivity contribution in [2.24, 2.45) is 0 Å². The Morgan fingerprint density at radius 1 is 1.07 bits per heavy atom.